The van der Waals surface area contributed by atoms with E-state index in [1.54, 1.807) is 0 Å². The first-order chi connectivity index (χ1) is 13.0. The third-order valence-corrected chi connectivity index (χ3v) is 4.77. The van der Waals surface area contributed by atoms with E-state index in [1.807, 2.05) is 6.08 Å². The molecule has 0 saturated carbocycles. The van der Waals surface area contributed by atoms with Gasteiger partial charge in [0, 0.05) is 18.9 Å². The lowest BCUT2D eigenvalue weighted by atomic mass is 9.98. The highest BCUT2D eigenvalue weighted by molar-refractivity contribution is 5.91. The molecule has 154 valence electrons. The van der Waals surface area contributed by atoms with Crippen molar-refractivity contribution in [2.75, 3.05) is 13.2 Å². The maximum Gasteiger partial charge on any atom is 0.334 e. The van der Waals surface area contributed by atoms with Crippen LogP contribution in [0.25, 0.3) is 0 Å². The van der Waals surface area contributed by atoms with Gasteiger partial charge in [0.1, 0.15) is 6.61 Å². The molecule has 0 aliphatic carbocycles. The summed E-state index contributed by atoms with van der Waals surface area (Å²) in [5, 5.41) is 9.54. The van der Waals surface area contributed by atoms with Gasteiger partial charge in [-0.25, -0.2) is 4.79 Å². The number of carbonyl (C=O) groups is 2. The molecule has 1 N–H and O–H groups in total. The lowest BCUT2D eigenvalue weighted by molar-refractivity contribution is -0.164. The maximum atomic E-state index is 12.0. The largest absolute Gasteiger partial charge is 0.462 e. The molecule has 1 rings (SSSR count). The molecule has 5 nitrogen and oxygen atoms in total. The average Bonchev–Trinajstić information content (AvgIpc) is 2.97. The molecule has 1 fully saturated rings. The van der Waals surface area contributed by atoms with Crippen LogP contribution in [0.5, 0.6) is 0 Å². The quantitative estimate of drug-likeness (QED) is 0.206. The van der Waals surface area contributed by atoms with Crippen LogP contribution in [0.4, 0.5) is 0 Å². The summed E-state index contributed by atoms with van der Waals surface area (Å²) in [6.07, 6.45) is 18.4. The van der Waals surface area contributed by atoms with E-state index < -0.39 is 17.5 Å². The zero-order valence-electron chi connectivity index (χ0n) is 17.0. The van der Waals surface area contributed by atoms with Crippen molar-refractivity contribution in [1.29, 1.82) is 0 Å². The first-order valence-corrected chi connectivity index (χ1v) is 10.3. The predicted octanol–water partition coefficient (Wildman–Crippen LogP) is 4.63. The minimum atomic E-state index is -1.11. The molecule has 1 heterocycles. The highest BCUT2D eigenvalue weighted by Crippen LogP contribution is 2.31. The number of aliphatic hydroxyl groups is 1. The fourth-order valence-corrected chi connectivity index (χ4v) is 3.09. The number of ether oxygens (including phenoxy) is 2. The summed E-state index contributed by atoms with van der Waals surface area (Å²) in [5.74, 6) is -0.862. The molecule has 27 heavy (non-hydrogen) atoms. The van der Waals surface area contributed by atoms with E-state index in [4.69, 9.17) is 9.47 Å². The number of cyclic esters (lactones) is 1. The molecule has 0 aromatic heterocycles. The van der Waals surface area contributed by atoms with Gasteiger partial charge in [-0.2, -0.15) is 0 Å². The second-order valence-electron chi connectivity index (χ2n) is 7.38. The number of allylic oxidation sites excluding steroid dienone is 3. The molecule has 0 aromatic rings. The van der Waals surface area contributed by atoms with Crippen LogP contribution >= 0.6 is 0 Å². The Morgan fingerprint density at radius 1 is 1.11 bits per heavy atom. The van der Waals surface area contributed by atoms with Crippen LogP contribution in [0, 0.1) is 0 Å². The lowest BCUT2D eigenvalue weighted by Crippen LogP contribution is -2.39. The summed E-state index contributed by atoms with van der Waals surface area (Å²) in [6, 6.07) is 0. The average molecular weight is 381 g/mol. The summed E-state index contributed by atoms with van der Waals surface area (Å²) in [6.45, 7) is 3.05. The Balaban J connectivity index is 2.17. The fourth-order valence-electron chi connectivity index (χ4n) is 3.09. The molecule has 1 aliphatic rings. The third-order valence-electron chi connectivity index (χ3n) is 4.77. The summed E-state index contributed by atoms with van der Waals surface area (Å²) in [7, 11) is 0. The number of esters is 2. The van der Waals surface area contributed by atoms with Crippen molar-refractivity contribution in [1.82, 2.24) is 0 Å². The Labute approximate surface area is 163 Å². The number of hydrogen-bond acceptors (Lipinski definition) is 5. The van der Waals surface area contributed by atoms with Crippen LogP contribution in [0.3, 0.4) is 0 Å². The lowest BCUT2D eigenvalue weighted by Gasteiger charge is -2.23. The van der Waals surface area contributed by atoms with Crippen molar-refractivity contribution in [3.63, 3.8) is 0 Å². The summed E-state index contributed by atoms with van der Waals surface area (Å²) < 4.78 is 10.2. The molecule has 1 atom stereocenters. The topological polar surface area (TPSA) is 72.8 Å². The molecule has 1 unspecified atom stereocenters. The zero-order valence-corrected chi connectivity index (χ0v) is 17.0. The number of hydrogen-bond donors (Lipinski definition) is 1. The maximum absolute atomic E-state index is 12.0. The Morgan fingerprint density at radius 3 is 2.37 bits per heavy atom. The van der Waals surface area contributed by atoms with E-state index in [9.17, 15) is 14.7 Å². The van der Waals surface area contributed by atoms with Gasteiger partial charge in [0.25, 0.3) is 0 Å². The van der Waals surface area contributed by atoms with Crippen LogP contribution < -0.4 is 0 Å². The van der Waals surface area contributed by atoms with E-state index in [2.05, 4.69) is 19.1 Å². The van der Waals surface area contributed by atoms with Gasteiger partial charge in [0.2, 0.25) is 0 Å². The van der Waals surface area contributed by atoms with E-state index in [0.717, 1.165) is 19.3 Å². The number of rotatable bonds is 14. The second kappa shape index (κ2) is 13.5. The van der Waals surface area contributed by atoms with Crippen LogP contribution in [0.1, 0.15) is 84.5 Å². The Morgan fingerprint density at radius 2 is 1.74 bits per heavy atom. The first-order valence-electron chi connectivity index (χ1n) is 10.3. The van der Waals surface area contributed by atoms with Crippen LogP contribution in [0.2, 0.25) is 0 Å². The molecular formula is C22H36O5. The van der Waals surface area contributed by atoms with Gasteiger partial charge in [0.05, 0.1) is 6.61 Å². The molecule has 5 heteroatoms. The normalized spacial score (nSPS) is 21.1. The highest BCUT2D eigenvalue weighted by Gasteiger charge is 2.44. The van der Waals surface area contributed by atoms with Gasteiger partial charge in [-0.05, 0) is 32.1 Å². The van der Waals surface area contributed by atoms with Gasteiger partial charge >= 0.3 is 11.9 Å². The summed E-state index contributed by atoms with van der Waals surface area (Å²) in [5.41, 5.74) is -0.535. The fraction of sp³-hybridized carbons (Fsp3) is 0.727. The Bertz CT molecular complexity index is 509. The molecular weight excluding hydrogens is 344 g/mol. The van der Waals surface area contributed by atoms with Crippen molar-refractivity contribution in [3.8, 4) is 0 Å². The number of carbonyl (C=O) groups excluding carboxylic acids is 2. The van der Waals surface area contributed by atoms with Crippen LogP contribution in [0.15, 0.2) is 23.8 Å². The Hall–Kier alpha value is -1.62. The molecule has 0 amide bonds. The van der Waals surface area contributed by atoms with Crippen molar-refractivity contribution in [2.45, 2.75) is 90.1 Å². The van der Waals surface area contributed by atoms with Crippen LogP contribution in [-0.4, -0.2) is 35.9 Å². The van der Waals surface area contributed by atoms with Gasteiger partial charge in [-0.3, -0.25) is 4.79 Å². The molecule has 0 radical (unpaired) electrons. The van der Waals surface area contributed by atoms with Crippen molar-refractivity contribution >= 4 is 11.9 Å². The van der Waals surface area contributed by atoms with E-state index in [1.165, 1.54) is 51.9 Å². The summed E-state index contributed by atoms with van der Waals surface area (Å²) >= 11 is 0. The SMILES string of the molecule is CCCC/C=C\CCCCCCC/C=C1\CC(CO)(COC(C)=O)OC1=O. The van der Waals surface area contributed by atoms with Crippen molar-refractivity contribution in [2.24, 2.45) is 0 Å². The molecule has 0 bridgehead atoms. The van der Waals surface area contributed by atoms with Crippen molar-refractivity contribution < 1.29 is 24.2 Å². The first kappa shape index (κ1) is 23.4. The molecule has 0 spiro atoms. The molecule has 1 saturated heterocycles. The second-order valence-corrected chi connectivity index (χ2v) is 7.38. The standard InChI is InChI=1S/C22H36O5/c1-3-4-5-6-7-8-9-10-11-12-13-14-15-20-16-22(17-23,27-21(20)25)18-26-19(2)24/h6-7,15,23H,3-5,8-14,16-18H2,1-2H3/b7-6-,20-15+. The van der Waals surface area contributed by atoms with E-state index >= 15 is 0 Å². The van der Waals surface area contributed by atoms with Gasteiger partial charge in [-0.1, -0.05) is 57.3 Å². The molecule has 1 aliphatic heterocycles. The Kier molecular flexibility index (Phi) is 11.7. The minimum Gasteiger partial charge on any atom is -0.462 e. The zero-order chi connectivity index (χ0) is 20.0. The summed E-state index contributed by atoms with van der Waals surface area (Å²) in [4.78, 5) is 22.9. The predicted molar refractivity (Wildman–Crippen MR) is 106 cm³/mol. The van der Waals surface area contributed by atoms with Crippen molar-refractivity contribution in [3.05, 3.63) is 23.8 Å². The van der Waals surface area contributed by atoms with E-state index in [0.29, 0.717) is 12.0 Å². The molecule has 0 aromatic carbocycles. The monoisotopic (exact) mass is 380 g/mol. The van der Waals surface area contributed by atoms with Gasteiger partial charge in [0.15, 0.2) is 5.60 Å². The number of unbranched alkanes of at least 4 members (excludes halogenated alkanes) is 8. The minimum absolute atomic E-state index is 0.102. The number of aliphatic hydroxyl groups excluding tert-OH is 1. The smallest absolute Gasteiger partial charge is 0.334 e. The van der Waals surface area contributed by atoms with Crippen LogP contribution in [-0.2, 0) is 19.1 Å². The van der Waals surface area contributed by atoms with Gasteiger partial charge in [-0.15, -0.1) is 0 Å². The van der Waals surface area contributed by atoms with Gasteiger partial charge < -0.3 is 14.6 Å². The highest BCUT2D eigenvalue weighted by atomic mass is 16.6. The van der Waals surface area contributed by atoms with E-state index in [-0.39, 0.29) is 13.2 Å². The third kappa shape index (κ3) is 9.76.